The second-order valence-electron chi connectivity index (χ2n) is 4.70. The SMILES string of the molecule is Cc1csc2c(NCc3cccc(CN)c3)ncnc12. The zero-order chi connectivity index (χ0) is 13.9. The highest BCUT2D eigenvalue weighted by atomic mass is 32.1. The molecule has 5 heteroatoms. The van der Waals surface area contributed by atoms with Crippen molar-refractivity contribution in [3.8, 4) is 0 Å². The normalized spacial score (nSPS) is 10.9. The Hall–Kier alpha value is -1.98. The number of aromatic nitrogens is 2. The van der Waals surface area contributed by atoms with Gasteiger partial charge in [0.1, 0.15) is 12.1 Å². The number of hydrogen-bond donors (Lipinski definition) is 2. The molecular weight excluding hydrogens is 268 g/mol. The Kier molecular flexibility index (Phi) is 3.62. The molecule has 0 atom stereocenters. The van der Waals surface area contributed by atoms with Gasteiger partial charge in [0.05, 0.1) is 10.2 Å². The Morgan fingerprint density at radius 3 is 2.95 bits per heavy atom. The lowest BCUT2D eigenvalue weighted by Crippen LogP contribution is -2.03. The predicted octanol–water partition coefficient (Wildman–Crippen LogP) is 3.07. The predicted molar refractivity (Wildman–Crippen MR) is 83.8 cm³/mol. The molecule has 0 saturated carbocycles. The number of rotatable bonds is 4. The van der Waals surface area contributed by atoms with Crippen molar-refractivity contribution >= 4 is 27.4 Å². The van der Waals surface area contributed by atoms with Crippen molar-refractivity contribution in [2.45, 2.75) is 20.0 Å². The lowest BCUT2D eigenvalue weighted by Gasteiger charge is -2.07. The van der Waals surface area contributed by atoms with Crippen molar-refractivity contribution in [2.75, 3.05) is 5.32 Å². The highest BCUT2D eigenvalue weighted by Crippen LogP contribution is 2.28. The van der Waals surface area contributed by atoms with Crippen LogP contribution in [0.25, 0.3) is 10.2 Å². The summed E-state index contributed by atoms with van der Waals surface area (Å²) < 4.78 is 1.11. The van der Waals surface area contributed by atoms with E-state index in [9.17, 15) is 0 Å². The van der Waals surface area contributed by atoms with Crippen molar-refractivity contribution in [2.24, 2.45) is 5.73 Å². The van der Waals surface area contributed by atoms with E-state index in [4.69, 9.17) is 5.73 Å². The van der Waals surface area contributed by atoms with Crippen LogP contribution in [0.2, 0.25) is 0 Å². The highest BCUT2D eigenvalue weighted by Gasteiger charge is 2.07. The van der Waals surface area contributed by atoms with Crippen molar-refractivity contribution in [1.29, 1.82) is 0 Å². The number of thiophene rings is 1. The third kappa shape index (κ3) is 2.50. The first-order chi connectivity index (χ1) is 9.78. The van der Waals surface area contributed by atoms with Crippen LogP contribution in [-0.4, -0.2) is 9.97 Å². The number of aryl methyl sites for hydroxylation is 1. The summed E-state index contributed by atoms with van der Waals surface area (Å²) in [6, 6.07) is 8.27. The molecule has 0 aliphatic heterocycles. The minimum Gasteiger partial charge on any atom is -0.365 e. The molecule has 3 aromatic rings. The van der Waals surface area contributed by atoms with Gasteiger partial charge in [-0.05, 0) is 29.0 Å². The van der Waals surface area contributed by atoms with Crippen LogP contribution < -0.4 is 11.1 Å². The molecule has 0 spiro atoms. The second kappa shape index (κ2) is 5.56. The van der Waals surface area contributed by atoms with E-state index < -0.39 is 0 Å². The van der Waals surface area contributed by atoms with Gasteiger partial charge in [0, 0.05) is 13.1 Å². The molecule has 0 radical (unpaired) electrons. The van der Waals surface area contributed by atoms with Gasteiger partial charge in [-0.15, -0.1) is 11.3 Å². The van der Waals surface area contributed by atoms with E-state index in [0.717, 1.165) is 28.1 Å². The Morgan fingerprint density at radius 2 is 2.10 bits per heavy atom. The molecule has 102 valence electrons. The quantitative estimate of drug-likeness (QED) is 0.773. The number of nitrogens with two attached hydrogens (primary N) is 1. The third-order valence-corrected chi connectivity index (χ3v) is 4.31. The fourth-order valence-electron chi connectivity index (χ4n) is 2.15. The summed E-state index contributed by atoms with van der Waals surface area (Å²) in [7, 11) is 0. The zero-order valence-electron chi connectivity index (χ0n) is 11.3. The van der Waals surface area contributed by atoms with Gasteiger partial charge in [0.2, 0.25) is 0 Å². The van der Waals surface area contributed by atoms with Crippen molar-refractivity contribution in [3.05, 3.63) is 52.7 Å². The van der Waals surface area contributed by atoms with Gasteiger partial charge in [-0.1, -0.05) is 24.3 Å². The van der Waals surface area contributed by atoms with E-state index in [0.29, 0.717) is 6.54 Å². The maximum Gasteiger partial charge on any atom is 0.147 e. The van der Waals surface area contributed by atoms with Crippen LogP contribution >= 0.6 is 11.3 Å². The van der Waals surface area contributed by atoms with Crippen LogP contribution in [0.15, 0.2) is 36.0 Å². The first-order valence-electron chi connectivity index (χ1n) is 6.48. The number of anilines is 1. The first kappa shape index (κ1) is 13.0. The summed E-state index contributed by atoms with van der Waals surface area (Å²) in [4.78, 5) is 8.67. The molecule has 0 amide bonds. The van der Waals surface area contributed by atoms with Gasteiger partial charge in [-0.2, -0.15) is 0 Å². The minimum absolute atomic E-state index is 0.565. The fraction of sp³-hybridized carbons (Fsp3) is 0.200. The summed E-state index contributed by atoms with van der Waals surface area (Å²) in [5.41, 5.74) is 10.2. The standard InChI is InChI=1S/C15H16N4S/c1-10-8-20-14-13(10)18-9-19-15(14)17-7-12-4-2-3-11(5-12)6-16/h2-5,8-9H,6-7,16H2,1H3,(H,17,18,19). The van der Waals surface area contributed by atoms with E-state index in [1.54, 1.807) is 17.7 Å². The van der Waals surface area contributed by atoms with E-state index in [1.807, 2.05) is 12.1 Å². The van der Waals surface area contributed by atoms with Crippen molar-refractivity contribution in [1.82, 2.24) is 9.97 Å². The van der Waals surface area contributed by atoms with Crippen molar-refractivity contribution in [3.63, 3.8) is 0 Å². The lowest BCUT2D eigenvalue weighted by atomic mass is 10.1. The Balaban J connectivity index is 1.83. The average molecular weight is 284 g/mol. The Morgan fingerprint density at radius 1 is 1.25 bits per heavy atom. The van der Waals surface area contributed by atoms with Crippen LogP contribution in [0, 0.1) is 6.92 Å². The molecule has 3 rings (SSSR count). The van der Waals surface area contributed by atoms with Gasteiger partial charge in [0.25, 0.3) is 0 Å². The summed E-state index contributed by atoms with van der Waals surface area (Å²) in [6.07, 6.45) is 1.61. The van der Waals surface area contributed by atoms with Crippen LogP contribution in [0.3, 0.4) is 0 Å². The molecule has 3 N–H and O–H groups in total. The zero-order valence-corrected chi connectivity index (χ0v) is 12.1. The minimum atomic E-state index is 0.565. The maximum absolute atomic E-state index is 5.66. The van der Waals surface area contributed by atoms with Gasteiger partial charge >= 0.3 is 0 Å². The van der Waals surface area contributed by atoms with E-state index in [1.165, 1.54) is 11.1 Å². The molecule has 2 heterocycles. The van der Waals surface area contributed by atoms with Crippen LogP contribution in [0.1, 0.15) is 16.7 Å². The van der Waals surface area contributed by atoms with Gasteiger partial charge in [-0.3, -0.25) is 0 Å². The lowest BCUT2D eigenvalue weighted by molar-refractivity contribution is 1.04. The summed E-state index contributed by atoms with van der Waals surface area (Å²) in [5.74, 6) is 0.895. The van der Waals surface area contributed by atoms with Crippen LogP contribution in [0.4, 0.5) is 5.82 Å². The topological polar surface area (TPSA) is 63.8 Å². The number of benzene rings is 1. The number of nitrogens with one attached hydrogen (secondary N) is 1. The fourth-order valence-corrected chi connectivity index (χ4v) is 3.12. The first-order valence-corrected chi connectivity index (χ1v) is 7.36. The molecule has 4 nitrogen and oxygen atoms in total. The highest BCUT2D eigenvalue weighted by molar-refractivity contribution is 7.18. The van der Waals surface area contributed by atoms with E-state index in [2.05, 4.69) is 39.7 Å². The van der Waals surface area contributed by atoms with Gasteiger partial charge < -0.3 is 11.1 Å². The molecule has 0 aliphatic rings. The third-order valence-electron chi connectivity index (χ3n) is 3.22. The molecule has 0 bridgehead atoms. The molecule has 0 aliphatic carbocycles. The average Bonchev–Trinajstić information content (AvgIpc) is 2.88. The van der Waals surface area contributed by atoms with Gasteiger partial charge in [0.15, 0.2) is 0 Å². The molecule has 0 unspecified atom stereocenters. The molecule has 20 heavy (non-hydrogen) atoms. The number of fused-ring (bicyclic) bond motifs is 1. The number of hydrogen-bond acceptors (Lipinski definition) is 5. The van der Waals surface area contributed by atoms with Crippen molar-refractivity contribution < 1.29 is 0 Å². The monoisotopic (exact) mass is 284 g/mol. The molecule has 2 aromatic heterocycles. The van der Waals surface area contributed by atoms with E-state index >= 15 is 0 Å². The van der Waals surface area contributed by atoms with Crippen LogP contribution in [0.5, 0.6) is 0 Å². The number of nitrogens with zero attached hydrogens (tertiary/aromatic N) is 2. The molecule has 1 aromatic carbocycles. The summed E-state index contributed by atoms with van der Waals surface area (Å²) in [6.45, 7) is 3.37. The Labute approximate surface area is 121 Å². The maximum atomic E-state index is 5.66. The largest absolute Gasteiger partial charge is 0.365 e. The molecule has 0 fully saturated rings. The van der Waals surface area contributed by atoms with Gasteiger partial charge in [-0.25, -0.2) is 9.97 Å². The molecule has 0 saturated heterocycles. The smallest absolute Gasteiger partial charge is 0.147 e. The molecular formula is C15H16N4S. The summed E-state index contributed by atoms with van der Waals surface area (Å²) >= 11 is 1.68. The second-order valence-corrected chi connectivity index (χ2v) is 5.58. The van der Waals surface area contributed by atoms with Crippen LogP contribution in [-0.2, 0) is 13.1 Å². The Bertz CT molecular complexity index is 736. The van der Waals surface area contributed by atoms with E-state index in [-0.39, 0.29) is 0 Å². The summed E-state index contributed by atoms with van der Waals surface area (Å²) in [5, 5.41) is 5.50.